The molecule has 32 heavy (non-hydrogen) atoms. The minimum absolute atomic E-state index is 0.0217. The molecule has 0 aliphatic carbocycles. The minimum atomic E-state index is -0.430. The SMILES string of the molecule is O[C@H](C1CCCCCN1)[C@H](Cc1ccccc1)N(Cc1ccccc1)Cc1ccccc1. The van der Waals surface area contributed by atoms with Gasteiger partial charge in [-0.05, 0) is 42.5 Å². The van der Waals surface area contributed by atoms with Gasteiger partial charge in [0.1, 0.15) is 0 Å². The van der Waals surface area contributed by atoms with Crippen molar-refractivity contribution in [1.82, 2.24) is 10.2 Å². The van der Waals surface area contributed by atoms with Gasteiger partial charge < -0.3 is 10.4 Å². The zero-order valence-electron chi connectivity index (χ0n) is 18.9. The Morgan fingerprint density at radius 1 is 0.719 bits per heavy atom. The van der Waals surface area contributed by atoms with Gasteiger partial charge in [0.05, 0.1) is 6.10 Å². The van der Waals surface area contributed by atoms with Gasteiger partial charge in [-0.1, -0.05) is 104 Å². The van der Waals surface area contributed by atoms with Crippen molar-refractivity contribution in [3.8, 4) is 0 Å². The third-order valence-electron chi connectivity index (χ3n) is 6.62. The molecule has 0 saturated carbocycles. The monoisotopic (exact) mass is 428 g/mol. The summed E-state index contributed by atoms with van der Waals surface area (Å²) in [6, 6.07) is 32.1. The standard InChI is InChI=1S/C29H36N2O/c32-29(27-19-11-4-12-20-30-27)28(21-24-13-5-1-6-14-24)31(22-25-15-7-2-8-16-25)23-26-17-9-3-10-18-26/h1-3,5-10,13-18,27-30,32H,4,11-12,19-23H2/t27?,28-,29+/m0/s1. The summed E-state index contributed by atoms with van der Waals surface area (Å²) in [5.74, 6) is 0. The number of benzene rings is 3. The highest BCUT2D eigenvalue weighted by Crippen LogP contribution is 2.23. The first kappa shape index (κ1) is 22.7. The molecule has 3 heteroatoms. The summed E-state index contributed by atoms with van der Waals surface area (Å²) >= 11 is 0. The van der Waals surface area contributed by atoms with E-state index in [4.69, 9.17) is 0 Å². The summed E-state index contributed by atoms with van der Waals surface area (Å²) in [7, 11) is 0. The summed E-state index contributed by atoms with van der Waals surface area (Å²) in [6.45, 7) is 2.63. The predicted molar refractivity (Wildman–Crippen MR) is 132 cm³/mol. The maximum absolute atomic E-state index is 11.7. The van der Waals surface area contributed by atoms with E-state index in [1.54, 1.807) is 0 Å². The van der Waals surface area contributed by atoms with Crippen LogP contribution in [0.1, 0.15) is 42.4 Å². The van der Waals surface area contributed by atoms with Gasteiger partial charge in [-0.25, -0.2) is 0 Å². The minimum Gasteiger partial charge on any atom is -0.390 e. The van der Waals surface area contributed by atoms with Crippen LogP contribution < -0.4 is 5.32 Å². The van der Waals surface area contributed by atoms with Crippen molar-refractivity contribution in [2.75, 3.05) is 6.54 Å². The molecule has 1 saturated heterocycles. The lowest BCUT2D eigenvalue weighted by Crippen LogP contribution is -2.53. The molecule has 168 valence electrons. The molecule has 0 aromatic heterocycles. The average Bonchev–Trinajstić information content (AvgIpc) is 3.13. The third-order valence-corrected chi connectivity index (χ3v) is 6.62. The van der Waals surface area contributed by atoms with Crippen LogP contribution in [-0.4, -0.2) is 34.7 Å². The van der Waals surface area contributed by atoms with E-state index in [9.17, 15) is 5.11 Å². The van der Waals surface area contributed by atoms with E-state index < -0.39 is 6.10 Å². The van der Waals surface area contributed by atoms with Gasteiger partial charge in [0.2, 0.25) is 0 Å². The lowest BCUT2D eigenvalue weighted by atomic mass is 9.92. The Morgan fingerprint density at radius 3 is 1.81 bits per heavy atom. The predicted octanol–water partition coefficient (Wildman–Crippen LogP) is 5.19. The maximum atomic E-state index is 11.7. The first-order chi connectivity index (χ1) is 15.8. The van der Waals surface area contributed by atoms with Crippen LogP contribution in [0.4, 0.5) is 0 Å². The molecule has 1 aliphatic rings. The Bertz CT molecular complexity index is 851. The van der Waals surface area contributed by atoms with Crippen molar-refractivity contribution in [3.63, 3.8) is 0 Å². The van der Waals surface area contributed by atoms with Crippen LogP contribution in [0.2, 0.25) is 0 Å². The second kappa shape index (κ2) is 12.0. The van der Waals surface area contributed by atoms with E-state index in [0.717, 1.165) is 32.5 Å². The molecule has 1 unspecified atom stereocenters. The van der Waals surface area contributed by atoms with Crippen molar-refractivity contribution in [2.45, 2.75) is 63.4 Å². The summed E-state index contributed by atoms with van der Waals surface area (Å²) < 4.78 is 0. The fourth-order valence-electron chi connectivity index (χ4n) is 4.86. The number of aliphatic hydroxyl groups excluding tert-OH is 1. The van der Waals surface area contributed by atoms with Crippen LogP contribution in [0.5, 0.6) is 0 Å². The molecule has 1 fully saturated rings. The van der Waals surface area contributed by atoms with E-state index in [0.29, 0.717) is 0 Å². The first-order valence-corrected chi connectivity index (χ1v) is 12.1. The molecule has 0 bridgehead atoms. The zero-order chi connectivity index (χ0) is 22.0. The van der Waals surface area contributed by atoms with E-state index in [1.807, 2.05) is 0 Å². The maximum Gasteiger partial charge on any atom is 0.0851 e. The Hall–Kier alpha value is -2.46. The van der Waals surface area contributed by atoms with Crippen molar-refractivity contribution in [3.05, 3.63) is 108 Å². The van der Waals surface area contributed by atoms with Crippen LogP contribution in [0.25, 0.3) is 0 Å². The van der Waals surface area contributed by atoms with Gasteiger partial charge in [0.25, 0.3) is 0 Å². The van der Waals surface area contributed by atoms with Crippen LogP contribution >= 0.6 is 0 Å². The largest absolute Gasteiger partial charge is 0.390 e. The Balaban J connectivity index is 1.64. The molecular weight excluding hydrogens is 392 g/mol. The average molecular weight is 429 g/mol. The van der Waals surface area contributed by atoms with E-state index in [-0.39, 0.29) is 12.1 Å². The summed E-state index contributed by atoms with van der Waals surface area (Å²) in [5.41, 5.74) is 3.83. The summed E-state index contributed by atoms with van der Waals surface area (Å²) in [6.07, 6.45) is 5.07. The summed E-state index contributed by atoms with van der Waals surface area (Å²) in [5, 5.41) is 15.4. The normalized spacial score (nSPS) is 18.8. The number of hydrogen-bond donors (Lipinski definition) is 2. The molecule has 0 amide bonds. The first-order valence-electron chi connectivity index (χ1n) is 12.1. The van der Waals surface area contributed by atoms with Crippen LogP contribution in [0.15, 0.2) is 91.0 Å². The van der Waals surface area contributed by atoms with E-state index >= 15 is 0 Å². The number of hydrogen-bond acceptors (Lipinski definition) is 3. The molecule has 0 spiro atoms. The highest BCUT2D eigenvalue weighted by atomic mass is 16.3. The fourth-order valence-corrected chi connectivity index (χ4v) is 4.86. The number of nitrogens with zero attached hydrogens (tertiary/aromatic N) is 1. The Morgan fingerprint density at radius 2 is 1.25 bits per heavy atom. The highest BCUT2D eigenvalue weighted by molar-refractivity contribution is 5.20. The molecule has 3 aromatic carbocycles. The van der Waals surface area contributed by atoms with Gasteiger partial charge >= 0.3 is 0 Å². The second-order valence-electron chi connectivity index (χ2n) is 9.03. The lowest BCUT2D eigenvalue weighted by molar-refractivity contribution is 0.0142. The van der Waals surface area contributed by atoms with Crippen molar-refractivity contribution < 1.29 is 5.11 Å². The molecule has 3 atom stereocenters. The molecule has 4 rings (SSSR count). The number of rotatable bonds is 9. The van der Waals surface area contributed by atoms with Crippen molar-refractivity contribution in [1.29, 1.82) is 0 Å². The van der Waals surface area contributed by atoms with Gasteiger partial charge in [-0.3, -0.25) is 4.90 Å². The molecule has 3 nitrogen and oxygen atoms in total. The highest BCUT2D eigenvalue weighted by Gasteiger charge is 2.32. The quantitative estimate of drug-likeness (QED) is 0.492. The van der Waals surface area contributed by atoms with Crippen molar-refractivity contribution in [2.24, 2.45) is 0 Å². The summed E-state index contributed by atoms with van der Waals surface area (Å²) in [4.78, 5) is 2.48. The number of nitrogens with one attached hydrogen (secondary N) is 1. The Labute approximate surface area is 193 Å². The molecule has 3 aromatic rings. The molecule has 1 heterocycles. The topological polar surface area (TPSA) is 35.5 Å². The van der Waals surface area contributed by atoms with Gasteiger partial charge in [0, 0.05) is 25.2 Å². The van der Waals surface area contributed by atoms with Gasteiger partial charge in [0.15, 0.2) is 0 Å². The third kappa shape index (κ3) is 6.52. The second-order valence-corrected chi connectivity index (χ2v) is 9.03. The van der Waals surface area contributed by atoms with Crippen LogP contribution in [0.3, 0.4) is 0 Å². The fraction of sp³-hybridized carbons (Fsp3) is 0.379. The van der Waals surface area contributed by atoms with E-state index in [2.05, 4.69) is 101 Å². The van der Waals surface area contributed by atoms with Gasteiger partial charge in [-0.15, -0.1) is 0 Å². The zero-order valence-corrected chi connectivity index (χ0v) is 18.9. The molecule has 2 N–H and O–H groups in total. The Kier molecular flexibility index (Phi) is 8.49. The molecule has 1 aliphatic heterocycles. The smallest absolute Gasteiger partial charge is 0.0851 e. The van der Waals surface area contributed by atoms with E-state index in [1.165, 1.54) is 36.0 Å². The van der Waals surface area contributed by atoms with Crippen LogP contribution in [0, 0.1) is 0 Å². The number of aliphatic hydroxyl groups is 1. The van der Waals surface area contributed by atoms with Crippen LogP contribution in [-0.2, 0) is 19.5 Å². The lowest BCUT2D eigenvalue weighted by Gasteiger charge is -2.38. The molecule has 0 radical (unpaired) electrons. The van der Waals surface area contributed by atoms with Gasteiger partial charge in [-0.2, -0.15) is 0 Å². The molecular formula is C29H36N2O. The van der Waals surface area contributed by atoms with Crippen molar-refractivity contribution >= 4 is 0 Å².